The van der Waals surface area contributed by atoms with Gasteiger partial charge in [-0.05, 0) is 50.1 Å². The molecule has 2 aromatic heterocycles. The first kappa shape index (κ1) is 19.6. The average Bonchev–Trinajstić information content (AvgIpc) is 3.29. The summed E-state index contributed by atoms with van der Waals surface area (Å²) in [6, 6.07) is 16.9. The van der Waals surface area contributed by atoms with E-state index in [0.29, 0.717) is 23.7 Å². The second-order valence-corrected chi connectivity index (χ2v) is 7.36. The largest absolute Gasteiger partial charge is 0.350 e. The summed E-state index contributed by atoms with van der Waals surface area (Å²) in [5.74, 6) is -0.284. The molecule has 0 aliphatic carbocycles. The molecule has 0 atom stereocenters. The van der Waals surface area contributed by atoms with Crippen LogP contribution >= 0.6 is 0 Å². The minimum absolute atomic E-state index is 0.137. The van der Waals surface area contributed by atoms with Crippen molar-refractivity contribution in [2.45, 2.75) is 26.3 Å². The average molecular weight is 401 g/mol. The van der Waals surface area contributed by atoms with Crippen LogP contribution in [0, 0.1) is 0 Å². The highest BCUT2D eigenvalue weighted by Gasteiger charge is 2.17. The number of rotatable bonds is 6. The Labute approximate surface area is 174 Å². The third-order valence-corrected chi connectivity index (χ3v) is 4.94. The summed E-state index contributed by atoms with van der Waals surface area (Å²) in [6.45, 7) is 4.21. The molecule has 0 saturated carbocycles. The third-order valence-electron chi connectivity index (χ3n) is 4.94. The van der Waals surface area contributed by atoms with Gasteiger partial charge < -0.3 is 5.32 Å². The van der Waals surface area contributed by atoms with E-state index in [9.17, 15) is 9.59 Å². The van der Waals surface area contributed by atoms with Gasteiger partial charge in [0.15, 0.2) is 5.69 Å². The highest BCUT2D eigenvalue weighted by Crippen LogP contribution is 2.15. The van der Waals surface area contributed by atoms with Gasteiger partial charge in [-0.3, -0.25) is 9.59 Å². The molecule has 0 aliphatic heterocycles. The van der Waals surface area contributed by atoms with Crippen LogP contribution in [0.25, 0.3) is 16.5 Å². The van der Waals surface area contributed by atoms with Crippen LogP contribution in [0.3, 0.4) is 0 Å². The summed E-state index contributed by atoms with van der Waals surface area (Å²) in [4.78, 5) is 25.5. The van der Waals surface area contributed by atoms with Gasteiger partial charge in [0.25, 0.3) is 11.5 Å². The van der Waals surface area contributed by atoms with Crippen molar-refractivity contribution in [3.63, 3.8) is 0 Å². The van der Waals surface area contributed by atoms with Crippen LogP contribution in [0.2, 0.25) is 0 Å². The van der Waals surface area contributed by atoms with Crippen molar-refractivity contribution >= 4 is 16.7 Å². The summed E-state index contributed by atoms with van der Waals surface area (Å²) in [7, 11) is 0. The lowest BCUT2D eigenvalue weighted by Crippen LogP contribution is -2.32. The summed E-state index contributed by atoms with van der Waals surface area (Å²) in [5, 5.41) is 12.6. The van der Waals surface area contributed by atoms with E-state index in [-0.39, 0.29) is 23.2 Å². The van der Waals surface area contributed by atoms with Crippen molar-refractivity contribution in [1.29, 1.82) is 0 Å². The number of benzene rings is 2. The Kier molecular flexibility index (Phi) is 5.43. The van der Waals surface area contributed by atoms with Crippen LogP contribution in [0.1, 0.15) is 35.9 Å². The SMILES string of the molecule is CC(C)n1nc(C(=O)NCCc2ccc(-n3cccn3)cc2)c2ccccc2c1=O. The van der Waals surface area contributed by atoms with Gasteiger partial charge in [0, 0.05) is 24.3 Å². The van der Waals surface area contributed by atoms with Gasteiger partial charge in [-0.15, -0.1) is 0 Å². The van der Waals surface area contributed by atoms with Crippen LogP contribution in [0.5, 0.6) is 0 Å². The highest BCUT2D eigenvalue weighted by atomic mass is 16.2. The van der Waals surface area contributed by atoms with Crippen LogP contribution in [0.15, 0.2) is 71.8 Å². The van der Waals surface area contributed by atoms with Gasteiger partial charge in [-0.2, -0.15) is 10.2 Å². The van der Waals surface area contributed by atoms with Gasteiger partial charge in [0.2, 0.25) is 0 Å². The minimum Gasteiger partial charge on any atom is -0.350 e. The van der Waals surface area contributed by atoms with Crippen LogP contribution in [-0.2, 0) is 6.42 Å². The molecule has 0 unspecified atom stereocenters. The van der Waals surface area contributed by atoms with Crippen LogP contribution < -0.4 is 10.9 Å². The van der Waals surface area contributed by atoms with Gasteiger partial charge >= 0.3 is 0 Å². The van der Waals surface area contributed by atoms with Crippen molar-refractivity contribution in [3.05, 3.63) is 88.6 Å². The van der Waals surface area contributed by atoms with Crippen molar-refractivity contribution in [3.8, 4) is 5.69 Å². The molecule has 0 saturated heterocycles. The number of hydrogen-bond donors (Lipinski definition) is 1. The lowest BCUT2D eigenvalue weighted by atomic mass is 10.1. The molecule has 2 aromatic carbocycles. The van der Waals surface area contributed by atoms with Crippen molar-refractivity contribution in [1.82, 2.24) is 24.9 Å². The number of nitrogens with zero attached hydrogens (tertiary/aromatic N) is 4. The van der Waals surface area contributed by atoms with E-state index in [4.69, 9.17) is 0 Å². The van der Waals surface area contributed by atoms with E-state index < -0.39 is 0 Å². The molecule has 2 heterocycles. The number of aromatic nitrogens is 4. The summed E-state index contributed by atoms with van der Waals surface area (Å²) in [5.41, 5.74) is 2.18. The Hall–Kier alpha value is -3.74. The topological polar surface area (TPSA) is 81.8 Å². The van der Waals surface area contributed by atoms with Gasteiger partial charge in [-0.1, -0.05) is 30.3 Å². The number of hydrogen-bond acceptors (Lipinski definition) is 4. The Morgan fingerprint density at radius 2 is 1.77 bits per heavy atom. The molecular formula is C23H23N5O2. The van der Waals surface area contributed by atoms with Gasteiger partial charge in [0.1, 0.15) is 0 Å². The molecule has 0 spiro atoms. The van der Waals surface area contributed by atoms with Crippen molar-refractivity contribution < 1.29 is 4.79 Å². The summed E-state index contributed by atoms with van der Waals surface area (Å²) < 4.78 is 3.16. The highest BCUT2D eigenvalue weighted by molar-refractivity contribution is 6.04. The summed E-state index contributed by atoms with van der Waals surface area (Å²) in [6.07, 6.45) is 4.32. The quantitative estimate of drug-likeness (QED) is 0.538. The monoisotopic (exact) mass is 401 g/mol. The maximum absolute atomic E-state index is 12.8. The predicted octanol–water partition coefficient (Wildman–Crippen LogP) is 3.14. The molecule has 1 N–H and O–H groups in total. The van der Waals surface area contributed by atoms with Gasteiger partial charge in [0.05, 0.1) is 17.1 Å². The van der Waals surface area contributed by atoms with Crippen molar-refractivity contribution in [2.75, 3.05) is 6.54 Å². The first-order valence-corrected chi connectivity index (χ1v) is 9.93. The predicted molar refractivity (Wildman–Crippen MR) is 116 cm³/mol. The van der Waals surface area contributed by atoms with E-state index in [1.165, 1.54) is 4.68 Å². The standard InChI is InChI=1S/C23H23N5O2/c1-16(2)28-23(30)20-7-4-3-6-19(20)21(26-28)22(29)24-14-12-17-8-10-18(11-9-17)27-15-5-13-25-27/h3-11,13,15-16H,12,14H2,1-2H3,(H,24,29). The van der Waals surface area contributed by atoms with Crippen LogP contribution in [-0.4, -0.2) is 32.0 Å². The molecule has 0 radical (unpaired) electrons. The molecule has 7 heteroatoms. The van der Waals surface area contributed by atoms with Crippen molar-refractivity contribution in [2.24, 2.45) is 0 Å². The first-order valence-electron chi connectivity index (χ1n) is 9.93. The lowest BCUT2D eigenvalue weighted by Gasteiger charge is -2.13. The summed E-state index contributed by atoms with van der Waals surface area (Å²) >= 11 is 0. The molecule has 7 nitrogen and oxygen atoms in total. The maximum atomic E-state index is 12.8. The second-order valence-electron chi connectivity index (χ2n) is 7.36. The molecule has 30 heavy (non-hydrogen) atoms. The first-order chi connectivity index (χ1) is 14.5. The van der Waals surface area contributed by atoms with E-state index in [2.05, 4.69) is 15.5 Å². The zero-order valence-corrected chi connectivity index (χ0v) is 16.9. The Morgan fingerprint density at radius 1 is 1.03 bits per heavy atom. The molecule has 0 fully saturated rings. The molecular weight excluding hydrogens is 378 g/mol. The number of carbonyl (C=O) groups excluding carboxylic acids is 1. The molecule has 1 amide bonds. The molecule has 0 bridgehead atoms. The Bertz CT molecular complexity index is 1220. The lowest BCUT2D eigenvalue weighted by molar-refractivity contribution is 0.0948. The molecule has 4 aromatic rings. The fourth-order valence-corrected chi connectivity index (χ4v) is 3.37. The van der Waals surface area contributed by atoms with Crippen LogP contribution in [0.4, 0.5) is 0 Å². The molecule has 0 aliphatic rings. The Morgan fingerprint density at radius 3 is 2.43 bits per heavy atom. The van der Waals surface area contributed by atoms with Gasteiger partial charge in [-0.25, -0.2) is 9.36 Å². The molecule has 4 rings (SSSR count). The normalized spacial score (nSPS) is 11.2. The smallest absolute Gasteiger partial charge is 0.274 e. The number of fused-ring (bicyclic) bond motifs is 1. The zero-order valence-electron chi connectivity index (χ0n) is 16.9. The van der Waals surface area contributed by atoms with E-state index >= 15 is 0 Å². The number of amides is 1. The second kappa shape index (κ2) is 8.32. The number of nitrogens with one attached hydrogen (secondary N) is 1. The zero-order chi connectivity index (χ0) is 21.1. The third kappa shape index (κ3) is 3.87. The fraction of sp³-hybridized carbons (Fsp3) is 0.217. The minimum atomic E-state index is -0.284. The Balaban J connectivity index is 1.49. The molecule has 152 valence electrons. The van der Waals surface area contributed by atoms with E-state index in [1.54, 1.807) is 35.1 Å². The maximum Gasteiger partial charge on any atom is 0.274 e. The number of carbonyl (C=O) groups is 1. The fourth-order valence-electron chi connectivity index (χ4n) is 3.37. The van der Waals surface area contributed by atoms with E-state index in [1.807, 2.05) is 50.4 Å². The van der Waals surface area contributed by atoms with E-state index in [0.717, 1.165) is 11.3 Å².